The molecule has 28 heavy (non-hydrogen) atoms. The predicted octanol–water partition coefficient (Wildman–Crippen LogP) is 3.13. The van der Waals surface area contributed by atoms with E-state index in [1.165, 1.54) is 19.3 Å². The van der Waals surface area contributed by atoms with Gasteiger partial charge in [0.2, 0.25) is 5.91 Å². The average molecular weight is 383 g/mol. The first-order valence-electron chi connectivity index (χ1n) is 10.1. The highest BCUT2D eigenvalue weighted by Crippen LogP contribution is 2.24. The van der Waals surface area contributed by atoms with E-state index in [-0.39, 0.29) is 17.9 Å². The number of nitrogens with zero attached hydrogens (tertiary/aromatic N) is 1. The van der Waals surface area contributed by atoms with Crippen LogP contribution in [0.5, 0.6) is 0 Å². The van der Waals surface area contributed by atoms with E-state index < -0.39 is 0 Å². The quantitative estimate of drug-likeness (QED) is 0.653. The molecule has 2 N–H and O–H groups in total. The Morgan fingerprint density at radius 1 is 1.00 bits per heavy atom. The molecule has 2 amide bonds. The smallest absolute Gasteiger partial charge is 0.251 e. The van der Waals surface area contributed by atoms with Crippen molar-refractivity contribution in [2.24, 2.45) is 0 Å². The fourth-order valence-electron chi connectivity index (χ4n) is 3.56. The van der Waals surface area contributed by atoms with Crippen LogP contribution in [-0.2, 0) is 4.79 Å². The SMILES string of the molecule is O=C(CCCNC(=O)c1ccccc1)NCC(c1ccco1)N1CCCCC1. The van der Waals surface area contributed by atoms with Crippen LogP contribution in [0.25, 0.3) is 0 Å². The molecule has 2 heterocycles. The standard InChI is InChI=1S/C22H29N3O3/c26-21(12-7-13-23-22(27)18-9-3-1-4-10-18)24-17-19(20-11-8-16-28-20)25-14-5-2-6-15-25/h1,3-4,8-11,16,19H,2,5-7,12-15,17H2,(H,23,27)(H,24,26). The lowest BCUT2D eigenvalue weighted by atomic mass is 10.1. The Morgan fingerprint density at radius 2 is 1.79 bits per heavy atom. The molecule has 6 heteroatoms. The summed E-state index contributed by atoms with van der Waals surface area (Å²) in [5.41, 5.74) is 0.634. The molecule has 0 aliphatic carbocycles. The highest BCUT2D eigenvalue weighted by molar-refractivity contribution is 5.94. The van der Waals surface area contributed by atoms with Crippen molar-refractivity contribution in [3.8, 4) is 0 Å². The highest BCUT2D eigenvalue weighted by atomic mass is 16.3. The van der Waals surface area contributed by atoms with Crippen LogP contribution in [-0.4, -0.2) is 42.9 Å². The van der Waals surface area contributed by atoms with Crippen LogP contribution in [0.15, 0.2) is 53.1 Å². The molecule has 0 bridgehead atoms. The second-order valence-corrected chi connectivity index (χ2v) is 7.16. The maximum Gasteiger partial charge on any atom is 0.251 e. The van der Waals surface area contributed by atoms with Crippen LogP contribution in [0.2, 0.25) is 0 Å². The van der Waals surface area contributed by atoms with Crippen LogP contribution >= 0.6 is 0 Å². The van der Waals surface area contributed by atoms with Gasteiger partial charge in [-0.2, -0.15) is 0 Å². The first-order valence-corrected chi connectivity index (χ1v) is 10.1. The monoisotopic (exact) mass is 383 g/mol. The summed E-state index contributed by atoms with van der Waals surface area (Å²) in [5.74, 6) is 0.795. The van der Waals surface area contributed by atoms with E-state index in [0.29, 0.717) is 31.5 Å². The van der Waals surface area contributed by atoms with Gasteiger partial charge in [0, 0.05) is 25.1 Å². The topological polar surface area (TPSA) is 74.6 Å². The van der Waals surface area contributed by atoms with Crippen molar-refractivity contribution >= 4 is 11.8 Å². The number of furan rings is 1. The maximum absolute atomic E-state index is 12.2. The zero-order valence-corrected chi connectivity index (χ0v) is 16.2. The summed E-state index contributed by atoms with van der Waals surface area (Å²) in [7, 11) is 0. The summed E-state index contributed by atoms with van der Waals surface area (Å²) in [6.07, 6.45) is 6.32. The lowest BCUT2D eigenvalue weighted by Crippen LogP contribution is -2.40. The molecule has 0 spiro atoms. The Balaban J connectivity index is 1.39. The maximum atomic E-state index is 12.2. The summed E-state index contributed by atoms with van der Waals surface area (Å²) in [4.78, 5) is 26.6. The molecule has 1 unspecified atom stereocenters. The third-order valence-corrected chi connectivity index (χ3v) is 5.10. The van der Waals surface area contributed by atoms with Gasteiger partial charge in [-0.3, -0.25) is 14.5 Å². The number of rotatable bonds is 9. The van der Waals surface area contributed by atoms with Crippen LogP contribution in [0.4, 0.5) is 0 Å². The Bertz CT molecular complexity index is 725. The molecule has 1 aromatic carbocycles. The van der Waals surface area contributed by atoms with Gasteiger partial charge in [-0.25, -0.2) is 0 Å². The molecular formula is C22H29N3O3. The number of piperidine rings is 1. The molecular weight excluding hydrogens is 354 g/mol. The van der Waals surface area contributed by atoms with Gasteiger partial charge in [0.05, 0.1) is 12.3 Å². The molecule has 6 nitrogen and oxygen atoms in total. The molecule has 0 saturated carbocycles. The van der Waals surface area contributed by atoms with E-state index in [1.807, 2.05) is 30.3 Å². The van der Waals surface area contributed by atoms with Gasteiger partial charge in [-0.05, 0) is 56.6 Å². The molecule has 1 aromatic heterocycles. The van der Waals surface area contributed by atoms with Gasteiger partial charge < -0.3 is 15.1 Å². The number of hydrogen-bond donors (Lipinski definition) is 2. The lowest BCUT2D eigenvalue weighted by molar-refractivity contribution is -0.121. The van der Waals surface area contributed by atoms with Gasteiger partial charge in [0.1, 0.15) is 5.76 Å². The van der Waals surface area contributed by atoms with E-state index in [4.69, 9.17) is 4.42 Å². The number of amides is 2. The van der Waals surface area contributed by atoms with Gasteiger partial charge in [0.15, 0.2) is 0 Å². The minimum Gasteiger partial charge on any atom is -0.468 e. The van der Waals surface area contributed by atoms with Crippen molar-refractivity contribution in [1.29, 1.82) is 0 Å². The van der Waals surface area contributed by atoms with Crippen LogP contribution < -0.4 is 10.6 Å². The van der Waals surface area contributed by atoms with Crippen molar-refractivity contribution in [3.05, 3.63) is 60.1 Å². The van der Waals surface area contributed by atoms with Crippen molar-refractivity contribution in [2.75, 3.05) is 26.2 Å². The summed E-state index contributed by atoms with van der Waals surface area (Å²) in [6, 6.07) is 13.0. The van der Waals surface area contributed by atoms with E-state index in [9.17, 15) is 9.59 Å². The number of likely N-dealkylation sites (tertiary alicyclic amines) is 1. The minimum atomic E-state index is -0.107. The fourth-order valence-corrected chi connectivity index (χ4v) is 3.56. The van der Waals surface area contributed by atoms with E-state index in [0.717, 1.165) is 18.8 Å². The Morgan fingerprint density at radius 3 is 2.50 bits per heavy atom. The molecule has 1 aliphatic rings. The number of nitrogens with one attached hydrogen (secondary N) is 2. The number of hydrogen-bond acceptors (Lipinski definition) is 4. The largest absolute Gasteiger partial charge is 0.468 e. The normalized spacial score (nSPS) is 15.7. The molecule has 3 rings (SSSR count). The van der Waals surface area contributed by atoms with E-state index in [2.05, 4.69) is 15.5 Å². The molecule has 2 aromatic rings. The minimum absolute atomic E-state index is 0.00234. The molecule has 1 saturated heterocycles. The van der Waals surface area contributed by atoms with Crippen LogP contribution in [0, 0.1) is 0 Å². The van der Waals surface area contributed by atoms with Crippen molar-refractivity contribution in [1.82, 2.24) is 15.5 Å². The fraction of sp³-hybridized carbons (Fsp3) is 0.455. The Kier molecular flexibility index (Phi) is 7.67. The molecule has 0 radical (unpaired) electrons. The third kappa shape index (κ3) is 5.96. The first-order chi connectivity index (χ1) is 13.7. The summed E-state index contributed by atoms with van der Waals surface area (Å²) in [6.45, 7) is 3.09. The first kappa shape index (κ1) is 20.1. The molecule has 1 aliphatic heterocycles. The summed E-state index contributed by atoms with van der Waals surface area (Å²) >= 11 is 0. The average Bonchev–Trinajstić information content (AvgIpc) is 3.27. The molecule has 1 atom stereocenters. The van der Waals surface area contributed by atoms with Gasteiger partial charge in [0.25, 0.3) is 5.91 Å². The third-order valence-electron chi connectivity index (χ3n) is 5.10. The zero-order valence-electron chi connectivity index (χ0n) is 16.2. The van der Waals surface area contributed by atoms with E-state index in [1.54, 1.807) is 18.4 Å². The number of carbonyl (C=O) groups is 2. The van der Waals surface area contributed by atoms with Crippen molar-refractivity contribution in [3.63, 3.8) is 0 Å². The predicted molar refractivity (Wildman–Crippen MR) is 108 cm³/mol. The van der Waals surface area contributed by atoms with Gasteiger partial charge in [-0.1, -0.05) is 24.6 Å². The summed E-state index contributed by atoms with van der Waals surface area (Å²) in [5, 5.41) is 5.89. The zero-order chi connectivity index (χ0) is 19.6. The van der Waals surface area contributed by atoms with Crippen LogP contribution in [0.3, 0.4) is 0 Å². The Hall–Kier alpha value is -2.60. The number of carbonyl (C=O) groups excluding carboxylic acids is 2. The summed E-state index contributed by atoms with van der Waals surface area (Å²) < 4.78 is 5.61. The second-order valence-electron chi connectivity index (χ2n) is 7.16. The second kappa shape index (κ2) is 10.7. The molecule has 1 fully saturated rings. The Labute approximate surface area is 166 Å². The van der Waals surface area contributed by atoms with Crippen molar-refractivity contribution in [2.45, 2.75) is 38.1 Å². The van der Waals surface area contributed by atoms with Crippen molar-refractivity contribution < 1.29 is 14.0 Å². The van der Waals surface area contributed by atoms with Crippen LogP contribution in [0.1, 0.15) is 54.3 Å². The number of benzene rings is 1. The molecule has 150 valence electrons. The van der Waals surface area contributed by atoms with Gasteiger partial charge >= 0.3 is 0 Å². The van der Waals surface area contributed by atoms with Gasteiger partial charge in [-0.15, -0.1) is 0 Å². The van der Waals surface area contributed by atoms with E-state index >= 15 is 0 Å². The lowest BCUT2D eigenvalue weighted by Gasteiger charge is -2.33. The highest BCUT2D eigenvalue weighted by Gasteiger charge is 2.24.